The average molecular weight is 690 g/mol. The predicted octanol–water partition coefficient (Wildman–Crippen LogP) is 14.9. The fraction of sp³-hybridized carbons (Fsp3) is 0. The highest BCUT2D eigenvalue weighted by Crippen LogP contribution is 2.43. The van der Waals surface area contributed by atoms with Crippen molar-refractivity contribution in [2.45, 2.75) is 0 Å². The van der Waals surface area contributed by atoms with E-state index in [2.05, 4.69) is 199 Å². The van der Waals surface area contributed by atoms with Crippen LogP contribution in [0.2, 0.25) is 0 Å². The van der Waals surface area contributed by atoms with E-state index in [1.54, 1.807) is 0 Å². The van der Waals surface area contributed by atoms with E-state index in [1.165, 1.54) is 43.8 Å². The Kier molecular flexibility index (Phi) is 7.85. The molecule has 2 heteroatoms. The largest absolute Gasteiger partial charge is 0.456 e. The molecule has 9 aromatic carbocycles. The Labute approximate surface area is 314 Å². The standard InChI is InChI=1S/C52H35NO/c1-2-11-36(12-3-1)37-21-23-40(24-22-37)49-18-7-8-19-50(49)53(46-16-10-15-43(34-46)52-35-44-14-5-9-20-51(44)54-52)45-30-27-38(28-31-45)41-29-32-48-42(33-41)26-25-39-13-4-6-17-47(39)48/h1-35H. The van der Waals surface area contributed by atoms with Gasteiger partial charge in [0, 0.05) is 27.9 Å². The monoisotopic (exact) mass is 689 g/mol. The third kappa shape index (κ3) is 5.81. The van der Waals surface area contributed by atoms with Crippen LogP contribution in [0.1, 0.15) is 0 Å². The summed E-state index contributed by atoms with van der Waals surface area (Å²) in [6.07, 6.45) is 0. The Morgan fingerprint density at radius 3 is 1.78 bits per heavy atom. The van der Waals surface area contributed by atoms with Gasteiger partial charge in [-0.25, -0.2) is 0 Å². The zero-order chi connectivity index (χ0) is 35.8. The molecule has 0 saturated carbocycles. The van der Waals surface area contributed by atoms with Crippen molar-refractivity contribution in [2.24, 2.45) is 0 Å². The molecule has 0 radical (unpaired) electrons. The molecule has 0 atom stereocenters. The first-order valence-electron chi connectivity index (χ1n) is 18.4. The lowest BCUT2D eigenvalue weighted by molar-refractivity contribution is 0.631. The summed E-state index contributed by atoms with van der Waals surface area (Å²) >= 11 is 0. The lowest BCUT2D eigenvalue weighted by atomic mass is 9.97. The van der Waals surface area contributed by atoms with E-state index in [1.807, 2.05) is 18.2 Å². The van der Waals surface area contributed by atoms with Gasteiger partial charge in [0.2, 0.25) is 0 Å². The molecule has 54 heavy (non-hydrogen) atoms. The van der Waals surface area contributed by atoms with Gasteiger partial charge in [0.25, 0.3) is 0 Å². The van der Waals surface area contributed by atoms with Gasteiger partial charge in [-0.1, -0.05) is 164 Å². The molecule has 0 bridgehead atoms. The number of anilines is 3. The highest BCUT2D eigenvalue weighted by Gasteiger charge is 2.19. The van der Waals surface area contributed by atoms with E-state index in [-0.39, 0.29) is 0 Å². The lowest BCUT2D eigenvalue weighted by Crippen LogP contribution is -2.11. The minimum Gasteiger partial charge on any atom is -0.456 e. The summed E-state index contributed by atoms with van der Waals surface area (Å²) in [5, 5.41) is 6.16. The van der Waals surface area contributed by atoms with Gasteiger partial charge < -0.3 is 9.32 Å². The number of fused-ring (bicyclic) bond motifs is 4. The van der Waals surface area contributed by atoms with Crippen molar-refractivity contribution in [3.8, 4) is 44.7 Å². The van der Waals surface area contributed by atoms with Gasteiger partial charge in [-0.05, 0) is 97.9 Å². The molecule has 0 amide bonds. The van der Waals surface area contributed by atoms with Crippen LogP contribution < -0.4 is 4.90 Å². The molecular formula is C52H35NO. The zero-order valence-corrected chi connectivity index (χ0v) is 29.6. The molecule has 0 unspecified atom stereocenters. The molecule has 1 aromatic heterocycles. The molecule has 0 aliphatic heterocycles. The maximum atomic E-state index is 6.34. The fourth-order valence-electron chi connectivity index (χ4n) is 7.73. The number of hydrogen-bond acceptors (Lipinski definition) is 2. The van der Waals surface area contributed by atoms with Gasteiger partial charge in [0.15, 0.2) is 0 Å². The molecule has 254 valence electrons. The van der Waals surface area contributed by atoms with Crippen LogP contribution in [-0.4, -0.2) is 0 Å². The first-order chi connectivity index (χ1) is 26.7. The third-order valence-electron chi connectivity index (χ3n) is 10.5. The number of benzene rings is 9. The van der Waals surface area contributed by atoms with E-state index >= 15 is 0 Å². The Hall–Kier alpha value is -7.16. The molecule has 10 aromatic rings. The van der Waals surface area contributed by atoms with Gasteiger partial charge >= 0.3 is 0 Å². The number of hydrogen-bond donors (Lipinski definition) is 0. The van der Waals surface area contributed by atoms with Crippen LogP contribution in [0, 0.1) is 0 Å². The molecule has 0 aliphatic carbocycles. The summed E-state index contributed by atoms with van der Waals surface area (Å²) < 4.78 is 6.34. The minimum absolute atomic E-state index is 0.849. The summed E-state index contributed by atoms with van der Waals surface area (Å²) in [5.74, 6) is 0.849. The second kappa shape index (κ2) is 13.4. The van der Waals surface area contributed by atoms with E-state index in [9.17, 15) is 0 Å². The molecular weight excluding hydrogens is 655 g/mol. The lowest BCUT2D eigenvalue weighted by Gasteiger charge is -2.28. The third-order valence-corrected chi connectivity index (χ3v) is 10.5. The highest BCUT2D eigenvalue weighted by molar-refractivity contribution is 6.08. The first-order valence-corrected chi connectivity index (χ1v) is 18.4. The van der Waals surface area contributed by atoms with Crippen LogP contribution in [0.3, 0.4) is 0 Å². The maximum absolute atomic E-state index is 6.34. The molecule has 0 aliphatic rings. The van der Waals surface area contributed by atoms with Crippen molar-refractivity contribution in [3.63, 3.8) is 0 Å². The Bertz CT molecular complexity index is 2890. The molecule has 10 rings (SSSR count). The van der Waals surface area contributed by atoms with Crippen molar-refractivity contribution >= 4 is 49.6 Å². The minimum atomic E-state index is 0.849. The van der Waals surface area contributed by atoms with Gasteiger partial charge in [-0.2, -0.15) is 0 Å². The summed E-state index contributed by atoms with van der Waals surface area (Å²) in [4.78, 5) is 2.36. The Morgan fingerprint density at radius 2 is 0.926 bits per heavy atom. The van der Waals surface area contributed by atoms with Crippen LogP contribution >= 0.6 is 0 Å². The molecule has 0 fully saturated rings. The molecule has 2 nitrogen and oxygen atoms in total. The molecule has 0 N–H and O–H groups in total. The zero-order valence-electron chi connectivity index (χ0n) is 29.6. The fourth-order valence-corrected chi connectivity index (χ4v) is 7.73. The van der Waals surface area contributed by atoms with Crippen molar-refractivity contribution in [1.82, 2.24) is 0 Å². The van der Waals surface area contributed by atoms with Crippen LogP contribution in [0.4, 0.5) is 17.1 Å². The van der Waals surface area contributed by atoms with Crippen LogP contribution in [-0.2, 0) is 0 Å². The summed E-state index contributed by atoms with van der Waals surface area (Å²) in [7, 11) is 0. The topological polar surface area (TPSA) is 16.4 Å². The van der Waals surface area contributed by atoms with Crippen LogP contribution in [0.15, 0.2) is 217 Å². The highest BCUT2D eigenvalue weighted by atomic mass is 16.3. The van der Waals surface area contributed by atoms with E-state index in [0.29, 0.717) is 0 Å². The summed E-state index contributed by atoms with van der Waals surface area (Å²) in [6, 6.07) is 75.9. The first kappa shape index (κ1) is 31.6. The number of furan rings is 1. The maximum Gasteiger partial charge on any atom is 0.135 e. The number of rotatable bonds is 7. The van der Waals surface area contributed by atoms with Crippen LogP contribution in [0.25, 0.3) is 77.2 Å². The number of para-hydroxylation sites is 2. The Morgan fingerprint density at radius 1 is 0.315 bits per heavy atom. The van der Waals surface area contributed by atoms with Crippen molar-refractivity contribution in [2.75, 3.05) is 4.90 Å². The van der Waals surface area contributed by atoms with E-state index in [0.717, 1.165) is 50.5 Å². The number of nitrogens with zero attached hydrogens (tertiary/aromatic N) is 1. The van der Waals surface area contributed by atoms with E-state index in [4.69, 9.17) is 4.42 Å². The summed E-state index contributed by atoms with van der Waals surface area (Å²) in [5.41, 5.74) is 12.2. The van der Waals surface area contributed by atoms with E-state index < -0.39 is 0 Å². The summed E-state index contributed by atoms with van der Waals surface area (Å²) in [6.45, 7) is 0. The smallest absolute Gasteiger partial charge is 0.135 e. The SMILES string of the molecule is c1ccc(-c2ccc(-c3ccccc3N(c3ccc(-c4ccc5c(ccc6ccccc65)c4)cc3)c3cccc(-c4cc5ccccc5o4)c3)cc2)cc1. The molecule has 0 spiro atoms. The van der Waals surface area contributed by atoms with Gasteiger partial charge in [0.05, 0.1) is 5.69 Å². The van der Waals surface area contributed by atoms with Gasteiger partial charge in [-0.3, -0.25) is 0 Å². The normalized spacial score (nSPS) is 11.3. The predicted molar refractivity (Wildman–Crippen MR) is 228 cm³/mol. The second-order valence-corrected chi connectivity index (χ2v) is 13.8. The molecule has 1 heterocycles. The second-order valence-electron chi connectivity index (χ2n) is 13.8. The van der Waals surface area contributed by atoms with Crippen molar-refractivity contribution in [1.29, 1.82) is 0 Å². The van der Waals surface area contributed by atoms with Gasteiger partial charge in [-0.15, -0.1) is 0 Å². The molecule has 0 saturated heterocycles. The Balaban J connectivity index is 1.08. The average Bonchev–Trinajstić information content (AvgIpc) is 3.69. The quantitative estimate of drug-likeness (QED) is 0.155. The van der Waals surface area contributed by atoms with Crippen LogP contribution in [0.5, 0.6) is 0 Å². The van der Waals surface area contributed by atoms with Gasteiger partial charge in [0.1, 0.15) is 11.3 Å². The van der Waals surface area contributed by atoms with Crippen molar-refractivity contribution < 1.29 is 4.42 Å². The van der Waals surface area contributed by atoms with Crippen molar-refractivity contribution in [3.05, 3.63) is 212 Å².